The SMILES string of the molecule is COC[C@@H](c1ccccc1)N1C(=O)CC[C@@H]1[C@H](C)/C(=C\O[Si](C(C)C)(C(C)C)C(C)C)SC. The number of hydrogen-bond acceptors (Lipinski definition) is 4. The quantitative estimate of drug-likeness (QED) is 0.225. The molecule has 6 heteroatoms. The second-order valence-corrected chi connectivity index (χ2v) is 16.5. The van der Waals surface area contributed by atoms with Crippen molar-refractivity contribution in [2.45, 2.75) is 90.0 Å². The third-order valence-corrected chi connectivity index (χ3v) is 14.4. The van der Waals surface area contributed by atoms with E-state index < -0.39 is 8.32 Å². The number of likely N-dealkylation sites (tertiary alicyclic amines) is 1. The lowest BCUT2D eigenvalue weighted by Gasteiger charge is -2.42. The maximum atomic E-state index is 13.1. The normalized spacial score (nSPS) is 19.6. The summed E-state index contributed by atoms with van der Waals surface area (Å²) in [5.74, 6) is 0.419. The number of ether oxygens (including phenoxy) is 1. The van der Waals surface area contributed by atoms with Crippen LogP contribution in [0.1, 0.15) is 72.9 Å². The molecule has 1 aliphatic rings. The zero-order chi connectivity index (χ0) is 24.8. The highest BCUT2D eigenvalue weighted by molar-refractivity contribution is 8.02. The Balaban J connectivity index is 2.37. The van der Waals surface area contributed by atoms with Crippen LogP contribution in [0.25, 0.3) is 0 Å². The Hall–Kier alpha value is -1.24. The molecule has 1 fully saturated rings. The minimum Gasteiger partial charge on any atom is -0.547 e. The van der Waals surface area contributed by atoms with Gasteiger partial charge in [-0.05, 0) is 34.9 Å². The van der Waals surface area contributed by atoms with Crippen molar-refractivity contribution in [3.63, 3.8) is 0 Å². The molecule has 0 bridgehead atoms. The highest BCUT2D eigenvalue weighted by Crippen LogP contribution is 2.44. The van der Waals surface area contributed by atoms with Crippen molar-refractivity contribution >= 4 is 26.0 Å². The molecular formula is C27H45NO3SSi. The Labute approximate surface area is 207 Å². The minimum atomic E-state index is -2.00. The molecule has 0 N–H and O–H groups in total. The predicted molar refractivity (Wildman–Crippen MR) is 144 cm³/mol. The monoisotopic (exact) mass is 491 g/mol. The lowest BCUT2D eigenvalue weighted by atomic mass is 9.96. The first-order chi connectivity index (χ1) is 15.6. The Bertz CT molecular complexity index is 759. The van der Waals surface area contributed by atoms with Crippen molar-refractivity contribution in [2.24, 2.45) is 5.92 Å². The van der Waals surface area contributed by atoms with Crippen LogP contribution in [0, 0.1) is 5.92 Å². The van der Waals surface area contributed by atoms with Crippen LogP contribution in [0.3, 0.4) is 0 Å². The van der Waals surface area contributed by atoms with Crippen LogP contribution in [0.15, 0.2) is 41.5 Å². The average molecular weight is 492 g/mol. The van der Waals surface area contributed by atoms with Crippen LogP contribution < -0.4 is 0 Å². The van der Waals surface area contributed by atoms with Crippen molar-refractivity contribution in [2.75, 3.05) is 20.0 Å². The van der Waals surface area contributed by atoms with Gasteiger partial charge in [-0.1, -0.05) is 78.8 Å². The molecular weight excluding hydrogens is 446 g/mol. The van der Waals surface area contributed by atoms with Gasteiger partial charge in [0.25, 0.3) is 8.32 Å². The largest absolute Gasteiger partial charge is 0.547 e. The van der Waals surface area contributed by atoms with Gasteiger partial charge in [0, 0.05) is 30.4 Å². The van der Waals surface area contributed by atoms with Crippen molar-refractivity contribution in [3.05, 3.63) is 47.1 Å². The number of methoxy groups -OCH3 is 1. The Morgan fingerprint density at radius 3 is 2.15 bits per heavy atom. The van der Waals surface area contributed by atoms with Crippen molar-refractivity contribution in [1.29, 1.82) is 0 Å². The molecule has 4 nitrogen and oxygen atoms in total. The Kier molecular flexibility index (Phi) is 10.6. The summed E-state index contributed by atoms with van der Waals surface area (Å²) in [5.41, 5.74) is 2.71. The summed E-state index contributed by atoms with van der Waals surface area (Å²) in [4.78, 5) is 16.4. The van der Waals surface area contributed by atoms with Gasteiger partial charge in [-0.15, -0.1) is 11.8 Å². The molecule has 0 unspecified atom stereocenters. The number of nitrogens with zero attached hydrogens (tertiary/aromatic N) is 1. The van der Waals surface area contributed by atoms with Gasteiger partial charge in [0.1, 0.15) is 0 Å². The van der Waals surface area contributed by atoms with E-state index in [1.807, 2.05) is 18.2 Å². The fourth-order valence-electron chi connectivity index (χ4n) is 5.89. The highest BCUT2D eigenvalue weighted by Gasteiger charge is 2.47. The second-order valence-electron chi connectivity index (χ2n) is 10.2. The number of thioether (sulfide) groups is 1. The van der Waals surface area contributed by atoms with Crippen LogP contribution in [-0.4, -0.2) is 45.1 Å². The Morgan fingerprint density at radius 2 is 1.67 bits per heavy atom. The Morgan fingerprint density at radius 1 is 1.09 bits per heavy atom. The fraction of sp³-hybridized carbons (Fsp3) is 0.667. The number of benzene rings is 1. The predicted octanol–water partition coefficient (Wildman–Crippen LogP) is 7.40. The van der Waals surface area contributed by atoms with E-state index >= 15 is 0 Å². The van der Waals surface area contributed by atoms with E-state index in [0.29, 0.717) is 29.7 Å². The maximum absolute atomic E-state index is 13.1. The molecule has 1 aromatic rings. The van der Waals surface area contributed by atoms with Gasteiger partial charge in [0.15, 0.2) is 0 Å². The van der Waals surface area contributed by atoms with Crippen LogP contribution in [0.4, 0.5) is 0 Å². The zero-order valence-electron chi connectivity index (χ0n) is 22.1. The molecule has 1 amide bonds. The summed E-state index contributed by atoms with van der Waals surface area (Å²) in [6, 6.07) is 10.3. The molecule has 33 heavy (non-hydrogen) atoms. The van der Waals surface area contributed by atoms with Crippen molar-refractivity contribution in [3.8, 4) is 0 Å². The molecule has 0 aliphatic carbocycles. The van der Waals surface area contributed by atoms with E-state index in [1.165, 1.54) is 4.91 Å². The lowest BCUT2D eigenvalue weighted by Crippen LogP contribution is -2.46. The van der Waals surface area contributed by atoms with Gasteiger partial charge in [-0.2, -0.15) is 0 Å². The summed E-state index contributed by atoms with van der Waals surface area (Å²) in [6.07, 6.45) is 5.65. The van der Waals surface area contributed by atoms with Gasteiger partial charge in [0.05, 0.1) is 18.9 Å². The number of hydrogen-bond donors (Lipinski definition) is 0. The standard InChI is InChI=1S/C27H45NO3SSi/c1-19(2)33(20(3)4,21(5)6)31-18-26(32-9)22(7)24-15-16-27(29)28(24)25(17-30-8)23-13-11-10-12-14-23/h10-14,18-22,24-25H,15-17H2,1-9H3/b26-18+/t22-,24+,25-/m0/s1. The van der Waals surface area contributed by atoms with E-state index in [9.17, 15) is 4.79 Å². The first kappa shape index (κ1) is 28.0. The lowest BCUT2D eigenvalue weighted by molar-refractivity contribution is -0.133. The summed E-state index contributed by atoms with van der Waals surface area (Å²) in [7, 11) is -0.288. The van der Waals surface area contributed by atoms with Crippen molar-refractivity contribution in [1.82, 2.24) is 4.90 Å². The summed E-state index contributed by atoms with van der Waals surface area (Å²) < 4.78 is 12.4. The third kappa shape index (κ3) is 6.07. The van der Waals surface area contributed by atoms with Crippen molar-refractivity contribution < 1.29 is 14.0 Å². The first-order valence-electron chi connectivity index (χ1n) is 12.4. The van der Waals surface area contributed by atoms with Gasteiger partial charge in [-0.3, -0.25) is 4.79 Å². The molecule has 0 radical (unpaired) electrons. The molecule has 1 aliphatic heterocycles. The van der Waals surface area contributed by atoms with E-state index in [1.54, 1.807) is 18.9 Å². The van der Waals surface area contributed by atoms with Crippen LogP contribution in [0.2, 0.25) is 16.6 Å². The minimum absolute atomic E-state index is 0.0712. The first-order valence-corrected chi connectivity index (χ1v) is 15.7. The fourth-order valence-corrected chi connectivity index (χ4v) is 11.8. The van der Waals surface area contributed by atoms with E-state index in [2.05, 4.69) is 78.0 Å². The topological polar surface area (TPSA) is 38.8 Å². The van der Waals surface area contributed by atoms with Gasteiger partial charge in [0.2, 0.25) is 5.91 Å². The molecule has 0 spiro atoms. The molecule has 1 saturated heterocycles. The van der Waals surface area contributed by atoms with Gasteiger partial charge < -0.3 is 14.1 Å². The molecule has 2 rings (SSSR count). The number of carbonyl (C=O) groups excluding carboxylic acids is 1. The zero-order valence-corrected chi connectivity index (χ0v) is 23.9. The molecule has 0 aromatic heterocycles. The smallest absolute Gasteiger partial charge is 0.258 e. The summed E-state index contributed by atoms with van der Waals surface area (Å²) in [6.45, 7) is 16.6. The molecule has 3 atom stereocenters. The van der Waals surface area contributed by atoms with E-state index in [4.69, 9.17) is 9.16 Å². The second kappa shape index (κ2) is 12.5. The molecule has 1 heterocycles. The molecule has 0 saturated carbocycles. The van der Waals surface area contributed by atoms with Crippen LogP contribution in [-0.2, 0) is 14.0 Å². The van der Waals surface area contributed by atoms with Crippen LogP contribution in [0.5, 0.6) is 0 Å². The third-order valence-electron chi connectivity index (χ3n) is 7.49. The van der Waals surface area contributed by atoms with E-state index in [-0.39, 0.29) is 23.9 Å². The number of carbonyl (C=O) groups is 1. The van der Waals surface area contributed by atoms with Gasteiger partial charge >= 0.3 is 0 Å². The number of rotatable bonds is 12. The number of amides is 1. The molecule has 1 aromatic carbocycles. The maximum Gasteiger partial charge on any atom is 0.258 e. The van der Waals surface area contributed by atoms with Crippen LogP contribution >= 0.6 is 11.8 Å². The van der Waals surface area contributed by atoms with E-state index in [0.717, 1.165) is 12.0 Å². The van der Waals surface area contributed by atoms with Gasteiger partial charge in [-0.25, -0.2) is 0 Å². The summed E-state index contributed by atoms with van der Waals surface area (Å²) >= 11 is 1.75. The highest BCUT2D eigenvalue weighted by atomic mass is 32.2. The summed E-state index contributed by atoms with van der Waals surface area (Å²) in [5, 5.41) is 0. The molecule has 186 valence electrons. The average Bonchev–Trinajstić information content (AvgIpc) is 3.15.